The van der Waals surface area contributed by atoms with Gasteiger partial charge in [0.15, 0.2) is 8.32 Å². The highest BCUT2D eigenvalue weighted by Crippen LogP contribution is 2.40. The van der Waals surface area contributed by atoms with Gasteiger partial charge in [0.25, 0.3) is 5.91 Å². The number of hydrogen-bond donors (Lipinski definition) is 2. The van der Waals surface area contributed by atoms with Crippen molar-refractivity contribution in [3.8, 4) is 0 Å². The number of nitrogens with two attached hydrogens (primary N) is 1. The van der Waals surface area contributed by atoms with E-state index in [9.17, 15) is 38.2 Å². The van der Waals surface area contributed by atoms with Crippen molar-refractivity contribution in [2.24, 2.45) is 0 Å². The number of hydrogen-bond acceptors (Lipinski definition) is 7. The summed E-state index contributed by atoms with van der Waals surface area (Å²) < 4.78 is 46.1. The van der Waals surface area contributed by atoms with Crippen molar-refractivity contribution in [3.63, 3.8) is 0 Å². The van der Waals surface area contributed by atoms with Crippen LogP contribution in [0.25, 0.3) is 0 Å². The molecule has 0 bridgehead atoms. The van der Waals surface area contributed by atoms with E-state index in [1.54, 1.807) is 28.7 Å². The molecule has 2 rings (SSSR count). The smallest absolute Gasteiger partial charge is 0.397 e. The number of anilines is 2. The monoisotopic (exact) mass is 808 g/mol. The Morgan fingerprint density at radius 1 is 1.00 bits per heavy atom. The quantitative estimate of drug-likeness (QED) is 0.102. The number of nitrogen functional groups attached to an aromatic ring is 1. The fourth-order valence-corrected chi connectivity index (χ4v) is 6.18. The van der Waals surface area contributed by atoms with E-state index in [2.05, 4.69) is 0 Å². The zero-order chi connectivity index (χ0) is 29.1. The minimum Gasteiger partial charge on any atom is -0.397 e. The Bertz CT molecular complexity index is 1230. The van der Waals surface area contributed by atoms with E-state index < -0.39 is 46.6 Å². The molecule has 0 radical (unpaired) electrons. The van der Waals surface area contributed by atoms with E-state index in [4.69, 9.17) is 33.4 Å². The molecule has 18 heteroatoms. The minimum atomic E-state index is -4.99. The molecule has 0 saturated carbocycles. The molecule has 0 heterocycles. The van der Waals surface area contributed by atoms with Gasteiger partial charge in [-0.2, -0.15) is 13.2 Å². The van der Waals surface area contributed by atoms with Gasteiger partial charge in [0, 0.05) is 0 Å². The molecule has 3 N–H and O–H groups in total. The predicted octanol–water partition coefficient (Wildman–Crippen LogP) is 7.40. The van der Waals surface area contributed by atoms with E-state index in [-0.39, 0.29) is 25.7 Å². The lowest BCUT2D eigenvalue weighted by Crippen LogP contribution is -2.58. The second-order valence-electron chi connectivity index (χ2n) is 8.27. The van der Waals surface area contributed by atoms with Crippen molar-refractivity contribution < 1.29 is 32.2 Å². The van der Waals surface area contributed by atoms with Crippen LogP contribution in [0.5, 0.6) is 0 Å². The summed E-state index contributed by atoms with van der Waals surface area (Å²) in [5.41, 5.74) is 1.58. The Balaban J connectivity index is 0.000000474. The van der Waals surface area contributed by atoms with Crippen molar-refractivity contribution in [1.29, 1.82) is 0 Å². The van der Waals surface area contributed by atoms with Gasteiger partial charge in [-0.25, -0.2) is 0 Å². The molecular formula is C19H19Cl2F3I2N4O6Si. The summed E-state index contributed by atoms with van der Waals surface area (Å²) in [6, 6.07) is 5.56. The number of carbonyl (C=O) groups is 1. The van der Waals surface area contributed by atoms with Crippen LogP contribution in [0.1, 0.15) is 6.92 Å². The lowest BCUT2D eigenvalue weighted by Gasteiger charge is -2.36. The molecule has 0 aliphatic carbocycles. The number of alkyl halides is 3. The molecule has 0 spiro atoms. The molecule has 204 valence electrons. The third-order valence-corrected chi connectivity index (χ3v) is 7.80. The topological polar surface area (TPSA) is 151 Å². The molecule has 0 aliphatic heterocycles. The van der Waals surface area contributed by atoms with Crippen LogP contribution in [-0.2, 0) is 9.22 Å². The highest BCUT2D eigenvalue weighted by atomic mass is 127. The van der Waals surface area contributed by atoms with Crippen molar-refractivity contribution in [2.75, 3.05) is 11.1 Å². The largest absolute Gasteiger partial charge is 0.425 e. The summed E-state index contributed by atoms with van der Waals surface area (Å²) in [4.78, 5) is 32.5. The average Bonchev–Trinajstić information content (AvgIpc) is 2.71. The zero-order valence-electron chi connectivity index (χ0n) is 19.4. The van der Waals surface area contributed by atoms with Gasteiger partial charge in [-0.1, -0.05) is 23.2 Å². The van der Waals surface area contributed by atoms with Crippen molar-refractivity contribution >= 4 is 105 Å². The van der Waals surface area contributed by atoms with Gasteiger partial charge in [0.2, 0.25) is 5.60 Å². The fourth-order valence-electron chi connectivity index (χ4n) is 2.62. The Hall–Kier alpha value is -1.48. The Kier molecular flexibility index (Phi) is 11.4. The average molecular weight is 809 g/mol. The molecule has 0 unspecified atom stereocenters. The Morgan fingerprint density at radius 3 is 1.81 bits per heavy atom. The summed E-state index contributed by atoms with van der Waals surface area (Å²) in [7, 11) is -2.76. The molecular weight excluding hydrogens is 790 g/mol. The summed E-state index contributed by atoms with van der Waals surface area (Å²) in [6.07, 6.45) is -4.99. The molecule has 1 amide bonds. The second kappa shape index (κ2) is 12.6. The van der Waals surface area contributed by atoms with Gasteiger partial charge in [-0.05, 0) is 96.0 Å². The van der Waals surface area contributed by atoms with Gasteiger partial charge in [-0.3, -0.25) is 25.0 Å². The number of nitrogens with one attached hydrogen (secondary N) is 1. The van der Waals surface area contributed by atoms with Crippen molar-refractivity contribution in [3.05, 3.63) is 61.7 Å². The molecule has 0 fully saturated rings. The molecule has 0 saturated heterocycles. The Morgan fingerprint density at radius 2 is 1.43 bits per heavy atom. The number of rotatable bonds is 6. The van der Waals surface area contributed by atoms with Crippen LogP contribution in [-0.4, -0.2) is 35.8 Å². The minimum absolute atomic E-state index is 0.00639. The lowest BCUT2D eigenvalue weighted by molar-refractivity contribution is -0.385. The molecule has 0 aliphatic rings. The molecule has 37 heavy (non-hydrogen) atoms. The standard InChI is InChI=1S/C13H15ClF3IN2O4Si.C6H4ClIN2O2/c1-12(13(15,16)17,24-25(2,3)4)11(21)19-8-6-5-7(18)10(9(8)14)20(22)23;7-5-4(9)2-1-3(8)6(5)10(11)12/h5-6H,1-4H3,(H,19,21);1-2H,9H2/t12-;/m1./s1. The molecule has 0 aromatic heterocycles. The Labute approximate surface area is 247 Å². The number of nitro groups is 2. The summed E-state index contributed by atoms with van der Waals surface area (Å²) in [5, 5.41) is 23.0. The van der Waals surface area contributed by atoms with Crippen molar-refractivity contribution in [2.45, 2.75) is 38.3 Å². The molecule has 10 nitrogen and oxygen atoms in total. The number of nitrogens with zero attached hydrogens (tertiary/aromatic N) is 2. The van der Waals surface area contributed by atoms with Gasteiger partial charge in [0.05, 0.1) is 28.4 Å². The van der Waals surface area contributed by atoms with Gasteiger partial charge in [-0.15, -0.1) is 0 Å². The maximum absolute atomic E-state index is 13.5. The van der Waals surface area contributed by atoms with E-state index in [0.717, 1.165) is 0 Å². The van der Waals surface area contributed by atoms with Gasteiger partial charge in [0.1, 0.15) is 10.0 Å². The SMILES string of the molecule is C[C@@](O[Si](C)(C)C)(C(=O)Nc1ccc(I)c([N+](=O)[O-])c1Cl)C(F)(F)F.Nc1ccc(I)c([N+](=O)[O-])c1Cl. The van der Waals surface area contributed by atoms with E-state index >= 15 is 0 Å². The first kappa shape index (κ1) is 33.5. The normalized spacial score (nSPS) is 13.2. The van der Waals surface area contributed by atoms with Crippen LogP contribution in [0.4, 0.5) is 35.9 Å². The second-order valence-corrected chi connectivity index (χ2v) is 15.8. The van der Waals surface area contributed by atoms with Crippen LogP contribution in [0.15, 0.2) is 24.3 Å². The summed E-state index contributed by atoms with van der Waals surface area (Å²) in [6.45, 7) is 5.14. The number of amides is 1. The number of nitro benzene ring substituents is 2. The van der Waals surface area contributed by atoms with Crippen LogP contribution < -0.4 is 11.1 Å². The van der Waals surface area contributed by atoms with E-state index in [0.29, 0.717) is 10.5 Å². The van der Waals surface area contributed by atoms with Crippen LogP contribution in [0.3, 0.4) is 0 Å². The van der Waals surface area contributed by atoms with Crippen molar-refractivity contribution in [1.82, 2.24) is 0 Å². The number of carbonyl (C=O) groups excluding carboxylic acids is 1. The van der Waals surface area contributed by atoms with E-state index in [1.807, 2.05) is 27.9 Å². The third-order valence-electron chi connectivity index (χ3n) is 4.26. The molecule has 1 atom stereocenters. The maximum Gasteiger partial charge on any atom is 0.425 e. The highest BCUT2D eigenvalue weighted by molar-refractivity contribution is 14.1. The first-order chi connectivity index (χ1) is 16.6. The summed E-state index contributed by atoms with van der Waals surface area (Å²) in [5.74, 6) is -1.50. The van der Waals surface area contributed by atoms with Gasteiger partial charge < -0.3 is 15.5 Å². The number of benzene rings is 2. The summed E-state index contributed by atoms with van der Waals surface area (Å²) >= 11 is 15.0. The third kappa shape index (κ3) is 8.50. The molecule has 2 aromatic rings. The van der Waals surface area contributed by atoms with Crippen LogP contribution in [0, 0.1) is 27.4 Å². The van der Waals surface area contributed by atoms with E-state index in [1.165, 1.54) is 37.8 Å². The molecule has 2 aromatic carbocycles. The fraction of sp³-hybridized carbons (Fsp3) is 0.316. The lowest BCUT2D eigenvalue weighted by atomic mass is 10.1. The number of halogens is 7. The maximum atomic E-state index is 13.5. The highest BCUT2D eigenvalue weighted by Gasteiger charge is 2.59. The van der Waals surface area contributed by atoms with Crippen LogP contribution >= 0.6 is 68.4 Å². The predicted molar refractivity (Wildman–Crippen MR) is 154 cm³/mol. The first-order valence-electron chi connectivity index (χ1n) is 9.72. The first-order valence-corrected chi connectivity index (χ1v) is 16.0. The zero-order valence-corrected chi connectivity index (χ0v) is 26.2. The van der Waals surface area contributed by atoms with Gasteiger partial charge >= 0.3 is 17.6 Å². The van der Waals surface area contributed by atoms with Crippen LogP contribution in [0.2, 0.25) is 29.7 Å².